The normalized spacial score (nSPS) is 23.7. The molecule has 2 nitrogen and oxygen atoms in total. The summed E-state index contributed by atoms with van der Waals surface area (Å²) < 4.78 is 0. The molecular weight excluding hydrogens is 196 g/mol. The highest BCUT2D eigenvalue weighted by molar-refractivity contribution is 5.49. The lowest BCUT2D eigenvalue weighted by molar-refractivity contribution is 0.458. The van der Waals surface area contributed by atoms with E-state index in [-0.39, 0.29) is 5.54 Å². The highest BCUT2D eigenvalue weighted by Gasteiger charge is 2.37. The van der Waals surface area contributed by atoms with Gasteiger partial charge in [-0.3, -0.25) is 0 Å². The van der Waals surface area contributed by atoms with Gasteiger partial charge in [-0.05, 0) is 51.3 Å². The van der Waals surface area contributed by atoms with Gasteiger partial charge in [-0.15, -0.1) is 0 Å². The van der Waals surface area contributed by atoms with Crippen LogP contribution in [-0.4, -0.2) is 18.6 Å². The van der Waals surface area contributed by atoms with Gasteiger partial charge in [0.1, 0.15) is 0 Å². The van der Waals surface area contributed by atoms with Crippen molar-refractivity contribution >= 4 is 5.69 Å². The molecule has 1 unspecified atom stereocenters. The number of nitrogens with two attached hydrogens (primary N) is 1. The van der Waals surface area contributed by atoms with Crippen LogP contribution in [0.1, 0.15) is 26.7 Å². The predicted molar refractivity (Wildman–Crippen MR) is 69.6 cm³/mol. The van der Waals surface area contributed by atoms with Crippen molar-refractivity contribution in [3.8, 4) is 0 Å². The minimum atomic E-state index is 0.265. The number of nitrogens with zero attached hydrogens (tertiary/aromatic N) is 1. The Morgan fingerprint density at radius 1 is 1.31 bits per heavy atom. The zero-order chi connectivity index (χ0) is 11.6. The Balaban J connectivity index is 2.16. The highest BCUT2D eigenvalue weighted by atomic mass is 15.2. The van der Waals surface area contributed by atoms with E-state index in [1.54, 1.807) is 0 Å². The molecule has 1 fully saturated rings. The maximum Gasteiger partial charge on any atom is 0.0370 e. The number of rotatable bonds is 3. The highest BCUT2D eigenvalue weighted by Crippen LogP contribution is 2.37. The summed E-state index contributed by atoms with van der Waals surface area (Å²) in [6.45, 7) is 6.62. The second-order valence-electron chi connectivity index (χ2n) is 5.41. The summed E-state index contributed by atoms with van der Waals surface area (Å²) in [6.07, 6.45) is 2.39. The van der Waals surface area contributed by atoms with E-state index in [9.17, 15) is 0 Å². The topological polar surface area (TPSA) is 29.3 Å². The minimum Gasteiger partial charge on any atom is -0.366 e. The van der Waals surface area contributed by atoms with Gasteiger partial charge in [0, 0.05) is 17.8 Å². The van der Waals surface area contributed by atoms with E-state index >= 15 is 0 Å². The summed E-state index contributed by atoms with van der Waals surface area (Å²) in [5, 5.41) is 0. The zero-order valence-corrected chi connectivity index (χ0v) is 10.3. The van der Waals surface area contributed by atoms with E-state index in [1.807, 2.05) is 0 Å². The van der Waals surface area contributed by atoms with Gasteiger partial charge in [-0.1, -0.05) is 18.2 Å². The average Bonchev–Trinajstić information content (AvgIpc) is 2.55. The number of anilines is 1. The van der Waals surface area contributed by atoms with E-state index < -0.39 is 0 Å². The van der Waals surface area contributed by atoms with Crippen LogP contribution in [0.3, 0.4) is 0 Å². The van der Waals surface area contributed by atoms with Crippen molar-refractivity contribution in [2.75, 3.05) is 18.0 Å². The average molecular weight is 218 g/mol. The van der Waals surface area contributed by atoms with E-state index in [0.717, 1.165) is 25.4 Å². The van der Waals surface area contributed by atoms with Gasteiger partial charge in [-0.25, -0.2) is 0 Å². The molecule has 1 aliphatic rings. The molecule has 0 aromatic heterocycles. The molecule has 1 aliphatic heterocycles. The molecule has 2 heteroatoms. The first-order valence-corrected chi connectivity index (χ1v) is 6.16. The maximum absolute atomic E-state index is 5.66. The molecule has 0 bridgehead atoms. The van der Waals surface area contributed by atoms with Gasteiger partial charge < -0.3 is 10.6 Å². The second kappa shape index (κ2) is 4.46. The van der Waals surface area contributed by atoms with Gasteiger partial charge in [-0.2, -0.15) is 0 Å². The number of para-hydroxylation sites is 1. The first-order chi connectivity index (χ1) is 7.63. The minimum absolute atomic E-state index is 0.265. The van der Waals surface area contributed by atoms with Crippen LogP contribution in [-0.2, 0) is 0 Å². The third-order valence-corrected chi connectivity index (χ3v) is 3.60. The molecule has 1 heterocycles. The fourth-order valence-electron chi connectivity index (χ4n) is 2.88. The largest absolute Gasteiger partial charge is 0.366 e. The fourth-order valence-corrected chi connectivity index (χ4v) is 2.88. The van der Waals surface area contributed by atoms with Gasteiger partial charge >= 0.3 is 0 Å². The van der Waals surface area contributed by atoms with Crippen molar-refractivity contribution in [3.63, 3.8) is 0 Å². The molecule has 1 atom stereocenters. The van der Waals surface area contributed by atoms with Crippen LogP contribution in [0.4, 0.5) is 5.69 Å². The Hall–Kier alpha value is -1.02. The lowest BCUT2D eigenvalue weighted by Gasteiger charge is -2.33. The molecule has 0 spiro atoms. The second-order valence-corrected chi connectivity index (χ2v) is 5.41. The number of hydrogen-bond donors (Lipinski definition) is 1. The molecule has 88 valence electrons. The lowest BCUT2D eigenvalue weighted by atomic mass is 9.94. The van der Waals surface area contributed by atoms with Crippen molar-refractivity contribution in [1.82, 2.24) is 0 Å². The monoisotopic (exact) mass is 218 g/mol. The smallest absolute Gasteiger partial charge is 0.0370 e. The van der Waals surface area contributed by atoms with E-state index in [0.29, 0.717) is 0 Å². The SMILES string of the molecule is CC1(C)CC(CCN)CN1c1ccccc1. The van der Waals surface area contributed by atoms with Crippen LogP contribution in [0.25, 0.3) is 0 Å². The van der Waals surface area contributed by atoms with Crippen molar-refractivity contribution in [3.05, 3.63) is 30.3 Å². The van der Waals surface area contributed by atoms with Gasteiger partial charge in [0.15, 0.2) is 0 Å². The quantitative estimate of drug-likeness (QED) is 0.845. The number of hydrogen-bond acceptors (Lipinski definition) is 2. The Kier molecular flexibility index (Phi) is 3.20. The van der Waals surface area contributed by atoms with E-state index in [2.05, 4.69) is 49.1 Å². The predicted octanol–water partition coefficient (Wildman–Crippen LogP) is 2.64. The Morgan fingerprint density at radius 2 is 2.00 bits per heavy atom. The van der Waals surface area contributed by atoms with Crippen molar-refractivity contribution < 1.29 is 0 Å². The third kappa shape index (κ3) is 2.22. The lowest BCUT2D eigenvalue weighted by Crippen LogP contribution is -2.38. The summed E-state index contributed by atoms with van der Waals surface area (Å²) in [6, 6.07) is 10.7. The summed E-state index contributed by atoms with van der Waals surface area (Å²) in [7, 11) is 0. The summed E-state index contributed by atoms with van der Waals surface area (Å²) in [5.74, 6) is 0.750. The third-order valence-electron chi connectivity index (χ3n) is 3.60. The summed E-state index contributed by atoms with van der Waals surface area (Å²) >= 11 is 0. The molecule has 16 heavy (non-hydrogen) atoms. The molecule has 0 aliphatic carbocycles. The maximum atomic E-state index is 5.66. The van der Waals surface area contributed by atoms with Crippen LogP contribution in [0, 0.1) is 5.92 Å². The summed E-state index contributed by atoms with van der Waals surface area (Å²) in [4.78, 5) is 2.52. The molecule has 0 radical (unpaired) electrons. The zero-order valence-electron chi connectivity index (χ0n) is 10.3. The van der Waals surface area contributed by atoms with Crippen LogP contribution < -0.4 is 10.6 Å². The molecule has 1 aromatic rings. The Labute approximate surface area is 98.4 Å². The Morgan fingerprint density at radius 3 is 2.62 bits per heavy atom. The molecular formula is C14H22N2. The number of benzene rings is 1. The van der Waals surface area contributed by atoms with Gasteiger partial charge in [0.25, 0.3) is 0 Å². The standard InChI is InChI=1S/C14H22N2/c1-14(2)10-12(8-9-15)11-16(14)13-6-4-3-5-7-13/h3-7,12H,8-11,15H2,1-2H3. The van der Waals surface area contributed by atoms with Crippen LogP contribution in [0.2, 0.25) is 0 Å². The van der Waals surface area contributed by atoms with E-state index in [1.165, 1.54) is 12.1 Å². The van der Waals surface area contributed by atoms with Crippen LogP contribution in [0.5, 0.6) is 0 Å². The first-order valence-electron chi connectivity index (χ1n) is 6.16. The molecule has 0 saturated carbocycles. The van der Waals surface area contributed by atoms with Crippen molar-refractivity contribution in [2.45, 2.75) is 32.2 Å². The molecule has 2 rings (SSSR count). The van der Waals surface area contributed by atoms with E-state index in [4.69, 9.17) is 5.73 Å². The van der Waals surface area contributed by atoms with Crippen LogP contribution in [0.15, 0.2) is 30.3 Å². The fraction of sp³-hybridized carbons (Fsp3) is 0.571. The van der Waals surface area contributed by atoms with Crippen molar-refractivity contribution in [1.29, 1.82) is 0 Å². The molecule has 1 aromatic carbocycles. The van der Waals surface area contributed by atoms with Crippen molar-refractivity contribution in [2.24, 2.45) is 11.7 Å². The van der Waals surface area contributed by atoms with Gasteiger partial charge in [0.05, 0.1) is 0 Å². The molecule has 1 saturated heterocycles. The molecule has 0 amide bonds. The van der Waals surface area contributed by atoms with Crippen LogP contribution >= 0.6 is 0 Å². The first kappa shape index (κ1) is 11.5. The summed E-state index contributed by atoms with van der Waals surface area (Å²) in [5.41, 5.74) is 7.27. The molecule has 2 N–H and O–H groups in total. The van der Waals surface area contributed by atoms with Gasteiger partial charge in [0.2, 0.25) is 0 Å². The Bertz CT molecular complexity index is 332.